The number of rotatable bonds is 3. The maximum atomic E-state index is 12.4. The topological polar surface area (TPSA) is 59.7 Å². The smallest absolute Gasteiger partial charge is 0.236 e. The summed E-state index contributed by atoms with van der Waals surface area (Å²) >= 11 is 13.4. The summed E-state index contributed by atoms with van der Waals surface area (Å²) in [6.45, 7) is 4.28. The molecule has 6 nitrogen and oxygen atoms in total. The molecule has 1 saturated heterocycles. The summed E-state index contributed by atoms with van der Waals surface area (Å²) in [5.74, 6) is 0.0678. The van der Waals surface area contributed by atoms with Gasteiger partial charge in [0, 0.05) is 19.3 Å². The number of carbonyl (C=O) groups excluding carboxylic acids is 1. The molecule has 2 aromatic rings. The van der Waals surface area contributed by atoms with Gasteiger partial charge < -0.3 is 9.64 Å². The number of aromatic nitrogens is 3. The molecule has 0 saturated carbocycles. The van der Waals surface area contributed by atoms with Gasteiger partial charge in [0.05, 0.1) is 28.5 Å². The van der Waals surface area contributed by atoms with Crippen molar-refractivity contribution in [2.45, 2.75) is 17.3 Å². The van der Waals surface area contributed by atoms with Crippen LogP contribution in [0.2, 0.25) is 10.0 Å². The van der Waals surface area contributed by atoms with Crippen molar-refractivity contribution in [3.8, 4) is 0 Å². The third-order valence-corrected chi connectivity index (χ3v) is 4.88. The molecule has 3 rings (SSSR count). The highest BCUT2D eigenvalue weighted by molar-refractivity contribution is 8.00. The van der Waals surface area contributed by atoms with Crippen molar-refractivity contribution in [2.24, 2.45) is 0 Å². The van der Waals surface area contributed by atoms with E-state index < -0.39 is 0 Å². The minimum absolute atomic E-state index is 0.0678. The zero-order chi connectivity index (χ0) is 15.7. The van der Waals surface area contributed by atoms with Crippen molar-refractivity contribution in [3.05, 3.63) is 22.3 Å². The molecule has 1 amide bonds. The Morgan fingerprint density at radius 3 is 2.82 bits per heavy atom. The first kappa shape index (κ1) is 15.9. The van der Waals surface area contributed by atoms with Crippen LogP contribution in [0.3, 0.4) is 0 Å². The number of pyridine rings is 1. The van der Waals surface area contributed by atoms with Gasteiger partial charge in [-0.2, -0.15) is 0 Å². The van der Waals surface area contributed by atoms with Crippen LogP contribution < -0.4 is 0 Å². The van der Waals surface area contributed by atoms with Gasteiger partial charge in [-0.25, -0.2) is 0 Å². The number of hydrogen-bond donors (Lipinski definition) is 0. The molecule has 3 heterocycles. The van der Waals surface area contributed by atoms with E-state index in [-0.39, 0.29) is 11.2 Å². The third kappa shape index (κ3) is 3.17. The van der Waals surface area contributed by atoms with Crippen molar-refractivity contribution in [3.63, 3.8) is 0 Å². The van der Waals surface area contributed by atoms with Gasteiger partial charge >= 0.3 is 0 Å². The Balaban J connectivity index is 1.79. The molecule has 1 aliphatic heterocycles. The highest BCUT2D eigenvalue weighted by Gasteiger charge is 2.25. The molecule has 1 fully saturated rings. The minimum atomic E-state index is -0.275. The second-order valence-corrected chi connectivity index (χ2v) is 7.03. The van der Waals surface area contributed by atoms with E-state index in [1.54, 1.807) is 16.7 Å². The van der Waals surface area contributed by atoms with Gasteiger partial charge in [0.15, 0.2) is 10.8 Å². The molecule has 22 heavy (non-hydrogen) atoms. The monoisotopic (exact) mass is 360 g/mol. The highest BCUT2D eigenvalue weighted by atomic mass is 35.5. The van der Waals surface area contributed by atoms with Crippen LogP contribution in [-0.2, 0) is 9.53 Å². The van der Waals surface area contributed by atoms with E-state index in [1.807, 2.05) is 11.8 Å². The minimum Gasteiger partial charge on any atom is -0.378 e. The normalized spacial score (nSPS) is 17.0. The predicted octanol–water partition coefficient (Wildman–Crippen LogP) is 2.38. The standard InChI is InChI=1S/C13H14Cl2N4O2S/c1-8(12(20)18-2-4-21-5-3-18)22-13-17-16-11-10(15)6-9(14)7-19(11)13/h6-8H,2-5H2,1H3. The third-order valence-electron chi connectivity index (χ3n) is 3.35. The van der Waals surface area contributed by atoms with Crippen molar-refractivity contribution >= 4 is 46.5 Å². The molecular formula is C13H14Cl2N4O2S. The average molecular weight is 361 g/mol. The molecule has 0 N–H and O–H groups in total. The van der Waals surface area contributed by atoms with Crippen LogP contribution in [0.1, 0.15) is 6.92 Å². The lowest BCUT2D eigenvalue weighted by atomic mass is 10.3. The summed E-state index contributed by atoms with van der Waals surface area (Å²) in [7, 11) is 0. The van der Waals surface area contributed by atoms with Crippen molar-refractivity contribution in [2.75, 3.05) is 26.3 Å². The lowest BCUT2D eigenvalue weighted by Gasteiger charge is -2.28. The number of hydrogen-bond acceptors (Lipinski definition) is 5. The molecule has 2 aromatic heterocycles. The Labute approximate surface area is 141 Å². The fourth-order valence-electron chi connectivity index (χ4n) is 2.23. The molecule has 0 radical (unpaired) electrons. The highest BCUT2D eigenvalue weighted by Crippen LogP contribution is 2.28. The van der Waals surface area contributed by atoms with Gasteiger partial charge in [0.2, 0.25) is 5.91 Å². The fourth-order valence-corrected chi connectivity index (χ4v) is 3.65. The maximum Gasteiger partial charge on any atom is 0.236 e. The second-order valence-electron chi connectivity index (χ2n) is 4.88. The van der Waals surface area contributed by atoms with Crippen LogP contribution in [0.5, 0.6) is 0 Å². The number of nitrogens with zero attached hydrogens (tertiary/aromatic N) is 4. The summed E-state index contributed by atoms with van der Waals surface area (Å²) in [5.41, 5.74) is 0.527. The van der Waals surface area contributed by atoms with Gasteiger partial charge in [0.1, 0.15) is 0 Å². The quantitative estimate of drug-likeness (QED) is 0.786. The first-order valence-corrected chi connectivity index (χ1v) is 8.43. The Morgan fingerprint density at radius 1 is 1.36 bits per heavy atom. The van der Waals surface area contributed by atoms with Gasteiger partial charge in [-0.3, -0.25) is 9.20 Å². The molecule has 0 spiro atoms. The SMILES string of the molecule is CC(Sc1nnc2c(Cl)cc(Cl)cn12)C(=O)N1CCOCC1. The van der Waals surface area contributed by atoms with Crippen molar-refractivity contribution in [1.82, 2.24) is 19.5 Å². The summed E-state index contributed by atoms with van der Waals surface area (Å²) in [5, 5.41) is 9.38. The lowest BCUT2D eigenvalue weighted by Crippen LogP contribution is -2.44. The van der Waals surface area contributed by atoms with Gasteiger partial charge in [-0.05, 0) is 13.0 Å². The number of ether oxygens (including phenoxy) is 1. The van der Waals surface area contributed by atoms with Crippen LogP contribution in [0.15, 0.2) is 17.4 Å². The van der Waals surface area contributed by atoms with Gasteiger partial charge in [0.25, 0.3) is 0 Å². The Kier molecular flexibility index (Phi) is 4.77. The number of carbonyl (C=O) groups is 1. The molecule has 1 aliphatic rings. The molecule has 0 aromatic carbocycles. The largest absolute Gasteiger partial charge is 0.378 e. The number of thioether (sulfide) groups is 1. The van der Waals surface area contributed by atoms with E-state index in [2.05, 4.69) is 10.2 Å². The van der Waals surface area contributed by atoms with Crippen molar-refractivity contribution in [1.29, 1.82) is 0 Å². The molecular weight excluding hydrogens is 347 g/mol. The van der Waals surface area contributed by atoms with E-state index in [9.17, 15) is 4.79 Å². The van der Waals surface area contributed by atoms with Crippen LogP contribution in [-0.4, -0.2) is 57.0 Å². The summed E-state index contributed by atoms with van der Waals surface area (Å²) in [6, 6.07) is 1.61. The number of morpholine rings is 1. The van der Waals surface area contributed by atoms with Crippen LogP contribution in [0, 0.1) is 0 Å². The summed E-state index contributed by atoms with van der Waals surface area (Å²) in [6.07, 6.45) is 1.69. The van der Waals surface area contributed by atoms with Gasteiger partial charge in [-0.15, -0.1) is 10.2 Å². The van der Waals surface area contributed by atoms with Crippen LogP contribution in [0.25, 0.3) is 5.65 Å². The molecule has 118 valence electrons. The fraction of sp³-hybridized carbons (Fsp3) is 0.462. The van der Waals surface area contributed by atoms with E-state index >= 15 is 0 Å². The predicted molar refractivity (Wildman–Crippen MR) is 85.7 cm³/mol. The zero-order valence-electron chi connectivity index (χ0n) is 11.8. The van der Waals surface area contributed by atoms with Crippen molar-refractivity contribution < 1.29 is 9.53 Å². The van der Waals surface area contributed by atoms with E-state index in [1.165, 1.54) is 11.8 Å². The van der Waals surface area contributed by atoms with E-state index in [4.69, 9.17) is 27.9 Å². The first-order valence-electron chi connectivity index (χ1n) is 6.79. The maximum absolute atomic E-state index is 12.4. The summed E-state index contributed by atoms with van der Waals surface area (Å²) < 4.78 is 6.97. The van der Waals surface area contributed by atoms with E-state index in [0.717, 1.165) is 0 Å². The molecule has 0 aliphatic carbocycles. The molecule has 9 heteroatoms. The van der Waals surface area contributed by atoms with Crippen LogP contribution >= 0.6 is 35.0 Å². The van der Waals surface area contributed by atoms with Gasteiger partial charge in [-0.1, -0.05) is 35.0 Å². The Morgan fingerprint density at radius 2 is 2.09 bits per heavy atom. The average Bonchev–Trinajstić information content (AvgIpc) is 2.90. The zero-order valence-corrected chi connectivity index (χ0v) is 14.2. The molecule has 1 unspecified atom stereocenters. The number of fused-ring (bicyclic) bond motifs is 1. The molecule has 0 bridgehead atoms. The molecule has 1 atom stereocenters. The van der Waals surface area contributed by atoms with E-state index in [0.29, 0.717) is 47.2 Å². The number of amides is 1. The Bertz CT molecular complexity index is 703. The Hall–Kier alpha value is -1.02. The number of halogens is 2. The lowest BCUT2D eigenvalue weighted by molar-refractivity contribution is -0.134. The summed E-state index contributed by atoms with van der Waals surface area (Å²) in [4.78, 5) is 14.2. The van der Waals surface area contributed by atoms with Crippen LogP contribution in [0.4, 0.5) is 0 Å². The second kappa shape index (κ2) is 6.62. The first-order chi connectivity index (χ1) is 10.6.